The Labute approximate surface area is 139 Å². The van der Waals surface area contributed by atoms with E-state index in [9.17, 15) is 14.4 Å². The Morgan fingerprint density at radius 2 is 1.50 bits per heavy atom. The third-order valence-corrected chi connectivity index (χ3v) is 4.47. The van der Waals surface area contributed by atoms with Crippen molar-refractivity contribution >= 4 is 28.9 Å². The molecule has 2 aromatic carbocycles. The number of fused-ring (bicyclic) bond motifs is 1. The Morgan fingerprint density at radius 1 is 0.792 bits per heavy atom. The highest BCUT2D eigenvalue weighted by atomic mass is 16.2. The van der Waals surface area contributed by atoms with E-state index in [0.29, 0.717) is 23.2 Å². The predicted octanol–water partition coefficient (Wildman–Crippen LogP) is 3.62. The van der Waals surface area contributed by atoms with E-state index in [1.165, 1.54) is 4.90 Å². The minimum atomic E-state index is -0.304. The van der Waals surface area contributed by atoms with E-state index in [2.05, 4.69) is 0 Å². The van der Waals surface area contributed by atoms with Gasteiger partial charge >= 0.3 is 0 Å². The molecule has 118 valence electrons. The van der Waals surface area contributed by atoms with Crippen LogP contribution in [0.2, 0.25) is 0 Å². The maximum absolute atomic E-state index is 12.6. The molecule has 1 aliphatic carbocycles. The molecule has 0 aromatic heterocycles. The summed E-state index contributed by atoms with van der Waals surface area (Å²) in [6.07, 6.45) is 3.92. The fourth-order valence-electron chi connectivity index (χ4n) is 3.29. The van der Waals surface area contributed by atoms with Crippen molar-refractivity contribution in [2.24, 2.45) is 0 Å². The number of hydrogen-bond donors (Lipinski definition) is 0. The zero-order valence-corrected chi connectivity index (χ0v) is 13.0. The van der Waals surface area contributed by atoms with Crippen molar-refractivity contribution in [3.8, 4) is 0 Å². The molecular weight excluding hydrogens is 302 g/mol. The van der Waals surface area contributed by atoms with Crippen LogP contribution in [-0.2, 0) is 4.79 Å². The summed E-state index contributed by atoms with van der Waals surface area (Å²) in [5.74, 6) is -0.481. The van der Waals surface area contributed by atoms with Crippen molar-refractivity contribution < 1.29 is 14.4 Å². The van der Waals surface area contributed by atoms with Crippen molar-refractivity contribution in [2.75, 3.05) is 4.90 Å². The summed E-state index contributed by atoms with van der Waals surface area (Å²) in [6.45, 7) is 0. The van der Waals surface area contributed by atoms with Crippen LogP contribution in [0, 0.1) is 0 Å². The molecule has 4 heteroatoms. The van der Waals surface area contributed by atoms with Crippen molar-refractivity contribution in [1.82, 2.24) is 0 Å². The zero-order chi connectivity index (χ0) is 16.7. The van der Waals surface area contributed by atoms with Crippen LogP contribution in [0.25, 0.3) is 5.57 Å². The fourth-order valence-corrected chi connectivity index (χ4v) is 3.29. The van der Waals surface area contributed by atoms with Gasteiger partial charge < -0.3 is 0 Å². The average molecular weight is 317 g/mol. The first-order valence-corrected chi connectivity index (χ1v) is 7.97. The SMILES string of the molecule is O=C1C=C(c2cccc(N3C(=O)c4ccccc4C3=O)c2)CCC1. The molecule has 2 amide bonds. The van der Waals surface area contributed by atoms with Crippen molar-refractivity contribution in [2.45, 2.75) is 19.3 Å². The highest BCUT2D eigenvalue weighted by Crippen LogP contribution is 2.32. The number of benzene rings is 2. The first-order chi connectivity index (χ1) is 11.6. The fraction of sp³-hybridized carbons (Fsp3) is 0.150. The number of allylic oxidation sites excluding steroid dienone is 2. The lowest BCUT2D eigenvalue weighted by Gasteiger charge is -2.17. The number of carbonyl (C=O) groups excluding carboxylic acids is 3. The topological polar surface area (TPSA) is 54.5 Å². The molecule has 1 heterocycles. The molecule has 4 nitrogen and oxygen atoms in total. The highest BCUT2D eigenvalue weighted by Gasteiger charge is 2.36. The number of carbonyl (C=O) groups is 3. The molecule has 0 spiro atoms. The van der Waals surface area contributed by atoms with E-state index in [4.69, 9.17) is 0 Å². The van der Waals surface area contributed by atoms with Gasteiger partial charge in [-0.05, 0) is 54.3 Å². The molecule has 0 fully saturated rings. The molecule has 24 heavy (non-hydrogen) atoms. The highest BCUT2D eigenvalue weighted by molar-refractivity contribution is 6.34. The van der Waals surface area contributed by atoms with Gasteiger partial charge in [-0.3, -0.25) is 14.4 Å². The Kier molecular flexibility index (Phi) is 3.38. The molecule has 1 aliphatic heterocycles. The second kappa shape index (κ2) is 5.57. The van der Waals surface area contributed by atoms with Crippen LogP contribution in [0.15, 0.2) is 54.6 Å². The third-order valence-electron chi connectivity index (χ3n) is 4.47. The van der Waals surface area contributed by atoms with Gasteiger partial charge in [-0.2, -0.15) is 0 Å². The van der Waals surface area contributed by atoms with Crippen LogP contribution in [0.3, 0.4) is 0 Å². The maximum Gasteiger partial charge on any atom is 0.266 e. The molecule has 4 rings (SSSR count). The largest absolute Gasteiger partial charge is 0.295 e. The molecule has 0 saturated carbocycles. The summed E-state index contributed by atoms with van der Waals surface area (Å²) in [5.41, 5.74) is 3.25. The van der Waals surface area contributed by atoms with E-state index in [1.807, 2.05) is 18.2 Å². The summed E-state index contributed by atoms with van der Waals surface area (Å²) >= 11 is 0. The standard InChI is InChI=1S/C20H15NO3/c22-16-8-4-6-14(12-16)13-5-3-7-15(11-13)21-19(23)17-9-1-2-10-18(17)20(21)24/h1-3,5,7,9-12H,4,6,8H2. The van der Waals surface area contributed by atoms with E-state index >= 15 is 0 Å². The van der Waals surface area contributed by atoms with Crippen molar-refractivity contribution in [3.05, 3.63) is 71.3 Å². The van der Waals surface area contributed by atoms with Crippen LogP contribution in [0.5, 0.6) is 0 Å². The van der Waals surface area contributed by atoms with Crippen LogP contribution >= 0.6 is 0 Å². The molecule has 0 unspecified atom stereocenters. The second-order valence-corrected chi connectivity index (χ2v) is 6.03. The van der Waals surface area contributed by atoms with Gasteiger partial charge in [-0.1, -0.05) is 24.3 Å². The number of ketones is 1. The van der Waals surface area contributed by atoms with Crippen molar-refractivity contribution in [1.29, 1.82) is 0 Å². The van der Waals surface area contributed by atoms with Gasteiger partial charge in [0.15, 0.2) is 5.78 Å². The van der Waals surface area contributed by atoms with E-state index in [1.54, 1.807) is 36.4 Å². The molecular formula is C20H15NO3. The van der Waals surface area contributed by atoms with Gasteiger partial charge in [0.05, 0.1) is 16.8 Å². The van der Waals surface area contributed by atoms with Gasteiger partial charge in [0.25, 0.3) is 11.8 Å². The molecule has 2 aliphatic rings. The summed E-state index contributed by atoms with van der Waals surface area (Å²) in [6, 6.07) is 14.1. The van der Waals surface area contributed by atoms with Crippen LogP contribution in [0.4, 0.5) is 5.69 Å². The van der Waals surface area contributed by atoms with Gasteiger partial charge in [-0.15, -0.1) is 0 Å². The number of hydrogen-bond acceptors (Lipinski definition) is 3. The number of amides is 2. The monoisotopic (exact) mass is 317 g/mol. The molecule has 0 atom stereocenters. The second-order valence-electron chi connectivity index (χ2n) is 6.03. The third kappa shape index (κ3) is 2.27. The van der Waals surface area contributed by atoms with E-state index in [-0.39, 0.29) is 17.6 Å². The van der Waals surface area contributed by atoms with Crippen LogP contribution in [-0.4, -0.2) is 17.6 Å². The smallest absolute Gasteiger partial charge is 0.266 e. The minimum Gasteiger partial charge on any atom is -0.295 e. The van der Waals surface area contributed by atoms with Gasteiger partial charge in [-0.25, -0.2) is 4.90 Å². The van der Waals surface area contributed by atoms with E-state index < -0.39 is 0 Å². The van der Waals surface area contributed by atoms with Crippen molar-refractivity contribution in [3.63, 3.8) is 0 Å². The summed E-state index contributed by atoms with van der Waals surface area (Å²) in [4.78, 5) is 38.0. The zero-order valence-electron chi connectivity index (χ0n) is 13.0. The molecule has 0 N–H and O–H groups in total. The lowest BCUT2D eigenvalue weighted by Crippen LogP contribution is -2.29. The number of anilines is 1. The quantitative estimate of drug-likeness (QED) is 0.795. The van der Waals surface area contributed by atoms with Gasteiger partial charge in [0.1, 0.15) is 0 Å². The molecule has 2 aromatic rings. The molecule has 0 bridgehead atoms. The molecule has 0 radical (unpaired) electrons. The predicted molar refractivity (Wildman–Crippen MR) is 90.9 cm³/mol. The van der Waals surface area contributed by atoms with Crippen LogP contribution < -0.4 is 4.90 Å². The lowest BCUT2D eigenvalue weighted by molar-refractivity contribution is -0.114. The minimum absolute atomic E-state index is 0.127. The normalized spacial score (nSPS) is 17.1. The van der Waals surface area contributed by atoms with Gasteiger partial charge in [0.2, 0.25) is 0 Å². The number of rotatable bonds is 2. The number of imide groups is 1. The number of nitrogens with zero attached hydrogens (tertiary/aromatic N) is 1. The van der Waals surface area contributed by atoms with Gasteiger partial charge in [0, 0.05) is 6.42 Å². The summed E-state index contributed by atoms with van der Waals surface area (Å²) < 4.78 is 0. The van der Waals surface area contributed by atoms with E-state index in [0.717, 1.165) is 24.0 Å². The first kappa shape index (κ1) is 14.6. The summed E-state index contributed by atoms with van der Waals surface area (Å²) in [7, 11) is 0. The Balaban J connectivity index is 1.74. The summed E-state index contributed by atoms with van der Waals surface area (Å²) in [5, 5.41) is 0. The van der Waals surface area contributed by atoms with Crippen LogP contribution in [0.1, 0.15) is 45.5 Å². The Morgan fingerprint density at radius 3 is 2.17 bits per heavy atom. The lowest BCUT2D eigenvalue weighted by atomic mass is 9.93. The molecule has 0 saturated heterocycles. The Hall–Kier alpha value is -3.01. The first-order valence-electron chi connectivity index (χ1n) is 7.97. The maximum atomic E-state index is 12.6. The average Bonchev–Trinajstić information content (AvgIpc) is 2.86. The Bertz CT molecular complexity index is 876.